The second-order valence-electron chi connectivity index (χ2n) is 4.42. The maximum absolute atomic E-state index is 8.92. The Labute approximate surface area is 118 Å². The SMILES string of the molecule is COc1ccc(C#N)cc1CNCCc1nncn1C. The predicted octanol–water partition coefficient (Wildman–Crippen LogP) is 1.03. The van der Waals surface area contributed by atoms with Crippen molar-refractivity contribution in [3.63, 3.8) is 0 Å². The molecule has 1 heterocycles. The fraction of sp³-hybridized carbons (Fsp3) is 0.357. The van der Waals surface area contributed by atoms with Crippen molar-refractivity contribution >= 4 is 0 Å². The highest BCUT2D eigenvalue weighted by atomic mass is 16.5. The molecule has 6 nitrogen and oxygen atoms in total. The molecular formula is C14H17N5O. The van der Waals surface area contributed by atoms with Crippen molar-refractivity contribution in [3.05, 3.63) is 41.5 Å². The Morgan fingerprint density at radius 3 is 2.95 bits per heavy atom. The van der Waals surface area contributed by atoms with E-state index in [2.05, 4.69) is 21.6 Å². The fourth-order valence-corrected chi connectivity index (χ4v) is 1.94. The molecule has 0 aliphatic carbocycles. The lowest BCUT2D eigenvalue weighted by Crippen LogP contribution is -2.18. The molecule has 0 spiro atoms. The van der Waals surface area contributed by atoms with E-state index in [0.29, 0.717) is 12.1 Å². The van der Waals surface area contributed by atoms with Gasteiger partial charge in [-0.05, 0) is 18.2 Å². The number of aromatic nitrogens is 3. The van der Waals surface area contributed by atoms with Crippen molar-refractivity contribution in [2.75, 3.05) is 13.7 Å². The van der Waals surface area contributed by atoms with Crippen LogP contribution >= 0.6 is 0 Å². The fourth-order valence-electron chi connectivity index (χ4n) is 1.94. The van der Waals surface area contributed by atoms with Crippen LogP contribution in [0.1, 0.15) is 17.0 Å². The van der Waals surface area contributed by atoms with E-state index in [-0.39, 0.29) is 0 Å². The quantitative estimate of drug-likeness (QED) is 0.794. The van der Waals surface area contributed by atoms with Gasteiger partial charge in [0.15, 0.2) is 0 Å². The third-order valence-corrected chi connectivity index (χ3v) is 3.06. The van der Waals surface area contributed by atoms with Gasteiger partial charge in [-0.15, -0.1) is 10.2 Å². The molecule has 0 saturated heterocycles. The monoisotopic (exact) mass is 271 g/mol. The van der Waals surface area contributed by atoms with E-state index >= 15 is 0 Å². The summed E-state index contributed by atoms with van der Waals surface area (Å²) < 4.78 is 7.19. The molecule has 0 amide bonds. The average molecular weight is 271 g/mol. The minimum absolute atomic E-state index is 0.635. The number of rotatable bonds is 6. The summed E-state index contributed by atoms with van der Waals surface area (Å²) in [5.74, 6) is 1.73. The Balaban J connectivity index is 1.90. The van der Waals surface area contributed by atoms with Gasteiger partial charge in [0.1, 0.15) is 17.9 Å². The zero-order valence-corrected chi connectivity index (χ0v) is 11.6. The van der Waals surface area contributed by atoms with Crippen molar-refractivity contribution in [1.29, 1.82) is 5.26 Å². The van der Waals surface area contributed by atoms with Crippen LogP contribution < -0.4 is 10.1 Å². The molecule has 1 aromatic heterocycles. The lowest BCUT2D eigenvalue weighted by atomic mass is 10.1. The molecule has 0 aliphatic rings. The molecule has 0 bridgehead atoms. The highest BCUT2D eigenvalue weighted by Crippen LogP contribution is 2.19. The Morgan fingerprint density at radius 2 is 2.30 bits per heavy atom. The van der Waals surface area contributed by atoms with Crippen LogP contribution in [0.3, 0.4) is 0 Å². The molecule has 0 fully saturated rings. The molecule has 1 N–H and O–H groups in total. The number of ether oxygens (including phenoxy) is 1. The maximum atomic E-state index is 8.92. The van der Waals surface area contributed by atoms with Gasteiger partial charge in [0, 0.05) is 32.1 Å². The van der Waals surface area contributed by atoms with E-state index in [4.69, 9.17) is 10.00 Å². The van der Waals surface area contributed by atoms with E-state index in [1.54, 1.807) is 19.5 Å². The van der Waals surface area contributed by atoms with E-state index in [9.17, 15) is 0 Å². The van der Waals surface area contributed by atoms with Crippen LogP contribution in [0.4, 0.5) is 0 Å². The van der Waals surface area contributed by atoms with Crippen molar-refractivity contribution in [1.82, 2.24) is 20.1 Å². The van der Waals surface area contributed by atoms with Crippen LogP contribution in [0.2, 0.25) is 0 Å². The number of methoxy groups -OCH3 is 1. The number of nitrogens with one attached hydrogen (secondary N) is 1. The first-order chi connectivity index (χ1) is 9.74. The van der Waals surface area contributed by atoms with Gasteiger partial charge in [0.2, 0.25) is 0 Å². The molecule has 0 atom stereocenters. The summed E-state index contributed by atoms with van der Waals surface area (Å²) in [5.41, 5.74) is 1.61. The normalized spacial score (nSPS) is 10.2. The van der Waals surface area contributed by atoms with E-state index < -0.39 is 0 Å². The minimum atomic E-state index is 0.635. The van der Waals surface area contributed by atoms with Crippen molar-refractivity contribution < 1.29 is 4.74 Å². The average Bonchev–Trinajstić information content (AvgIpc) is 2.88. The van der Waals surface area contributed by atoms with Gasteiger partial charge in [0.05, 0.1) is 18.7 Å². The summed E-state index contributed by atoms with van der Waals surface area (Å²) in [6.07, 6.45) is 2.49. The summed E-state index contributed by atoms with van der Waals surface area (Å²) >= 11 is 0. The highest BCUT2D eigenvalue weighted by Gasteiger charge is 2.05. The van der Waals surface area contributed by atoms with E-state index in [1.165, 1.54) is 0 Å². The maximum Gasteiger partial charge on any atom is 0.133 e. The van der Waals surface area contributed by atoms with Crippen LogP contribution in [0.5, 0.6) is 5.75 Å². The van der Waals surface area contributed by atoms with Crippen molar-refractivity contribution in [2.45, 2.75) is 13.0 Å². The summed E-state index contributed by atoms with van der Waals surface area (Å²) in [6, 6.07) is 7.54. The lowest BCUT2D eigenvalue weighted by molar-refractivity contribution is 0.407. The number of nitriles is 1. The predicted molar refractivity (Wildman–Crippen MR) is 74.1 cm³/mol. The second-order valence-corrected chi connectivity index (χ2v) is 4.42. The molecule has 0 saturated carbocycles. The number of hydrogen-bond acceptors (Lipinski definition) is 5. The Hall–Kier alpha value is -2.39. The topological polar surface area (TPSA) is 75.8 Å². The number of hydrogen-bond donors (Lipinski definition) is 1. The van der Waals surface area contributed by atoms with Gasteiger partial charge in [-0.1, -0.05) is 0 Å². The summed E-state index contributed by atoms with van der Waals surface area (Å²) in [5, 5.41) is 20.1. The van der Waals surface area contributed by atoms with Gasteiger partial charge in [0.25, 0.3) is 0 Å². The highest BCUT2D eigenvalue weighted by molar-refractivity contribution is 5.41. The molecule has 0 unspecified atom stereocenters. The third kappa shape index (κ3) is 3.33. The van der Waals surface area contributed by atoms with Crippen LogP contribution in [-0.4, -0.2) is 28.4 Å². The van der Waals surface area contributed by atoms with Crippen molar-refractivity contribution in [2.24, 2.45) is 7.05 Å². The molecule has 2 aromatic rings. The van der Waals surface area contributed by atoms with Gasteiger partial charge in [-0.2, -0.15) is 5.26 Å². The molecular weight excluding hydrogens is 254 g/mol. The molecule has 6 heteroatoms. The van der Waals surface area contributed by atoms with E-state index in [0.717, 1.165) is 30.1 Å². The minimum Gasteiger partial charge on any atom is -0.496 e. The molecule has 20 heavy (non-hydrogen) atoms. The van der Waals surface area contributed by atoms with E-state index in [1.807, 2.05) is 23.7 Å². The van der Waals surface area contributed by atoms with Crippen LogP contribution in [0.15, 0.2) is 24.5 Å². The van der Waals surface area contributed by atoms with Crippen LogP contribution in [0, 0.1) is 11.3 Å². The Morgan fingerprint density at radius 1 is 1.45 bits per heavy atom. The Bertz CT molecular complexity index is 614. The Kier molecular flexibility index (Phi) is 4.69. The second kappa shape index (κ2) is 6.68. The van der Waals surface area contributed by atoms with Crippen LogP contribution in [-0.2, 0) is 20.0 Å². The number of benzene rings is 1. The summed E-state index contributed by atoms with van der Waals surface area (Å²) in [7, 11) is 3.55. The number of aryl methyl sites for hydroxylation is 1. The zero-order chi connectivity index (χ0) is 14.4. The zero-order valence-electron chi connectivity index (χ0n) is 11.6. The summed E-state index contributed by atoms with van der Waals surface area (Å²) in [6.45, 7) is 1.43. The third-order valence-electron chi connectivity index (χ3n) is 3.06. The molecule has 2 rings (SSSR count). The molecule has 1 aromatic carbocycles. The van der Waals surface area contributed by atoms with Crippen molar-refractivity contribution in [3.8, 4) is 11.8 Å². The molecule has 0 radical (unpaired) electrons. The lowest BCUT2D eigenvalue weighted by Gasteiger charge is -2.10. The van der Waals surface area contributed by atoms with Gasteiger partial charge in [-0.25, -0.2) is 0 Å². The first-order valence-corrected chi connectivity index (χ1v) is 6.35. The number of nitrogens with zero attached hydrogens (tertiary/aromatic N) is 4. The van der Waals surface area contributed by atoms with Crippen LogP contribution in [0.25, 0.3) is 0 Å². The largest absolute Gasteiger partial charge is 0.496 e. The first-order valence-electron chi connectivity index (χ1n) is 6.35. The smallest absolute Gasteiger partial charge is 0.133 e. The molecule has 104 valence electrons. The first kappa shape index (κ1) is 14.0. The van der Waals surface area contributed by atoms with Gasteiger partial charge >= 0.3 is 0 Å². The van der Waals surface area contributed by atoms with Gasteiger partial charge < -0.3 is 14.6 Å². The van der Waals surface area contributed by atoms with Gasteiger partial charge in [-0.3, -0.25) is 0 Å². The standard InChI is InChI=1S/C14H17N5O/c1-19-10-17-18-14(19)5-6-16-9-12-7-11(8-15)3-4-13(12)20-2/h3-4,7,10,16H,5-6,9H2,1-2H3. The summed E-state index contributed by atoms with van der Waals surface area (Å²) in [4.78, 5) is 0. The molecule has 0 aliphatic heterocycles.